The summed E-state index contributed by atoms with van der Waals surface area (Å²) in [4.78, 5) is 7.46. The van der Waals surface area contributed by atoms with Crippen LogP contribution < -0.4 is 0 Å². The van der Waals surface area contributed by atoms with Crippen molar-refractivity contribution in [1.82, 2.24) is 9.97 Å². The number of nitrogens with zero attached hydrogens (tertiary/aromatic N) is 2. The van der Waals surface area contributed by atoms with Gasteiger partial charge in [0.05, 0.1) is 0 Å². The Morgan fingerprint density at radius 1 is 0.923 bits per heavy atom. The minimum atomic E-state index is -0.460. The molecule has 0 atom stereocenters. The molecule has 13 heavy (non-hydrogen) atoms. The number of hydrogen-bond donors (Lipinski definition) is 0. The highest BCUT2D eigenvalue weighted by atomic mass is 19.1. The Labute approximate surface area is 75.1 Å². The number of aromatic nitrogens is 2. The zero-order valence-electron chi connectivity index (χ0n) is 6.81. The first-order chi connectivity index (χ1) is 6.36. The molecule has 0 aliphatic heterocycles. The number of halogens is 1. The van der Waals surface area contributed by atoms with Crippen molar-refractivity contribution in [2.24, 2.45) is 0 Å². The van der Waals surface area contributed by atoms with Crippen LogP contribution in [0.15, 0.2) is 42.9 Å². The molecule has 0 amide bonds. The van der Waals surface area contributed by atoms with Gasteiger partial charge in [0.25, 0.3) is 0 Å². The molecule has 64 valence electrons. The molecule has 2 rings (SSSR count). The second-order valence-electron chi connectivity index (χ2n) is 2.61. The van der Waals surface area contributed by atoms with Crippen LogP contribution in [-0.2, 0) is 0 Å². The van der Waals surface area contributed by atoms with E-state index in [0.29, 0.717) is 0 Å². The van der Waals surface area contributed by atoms with E-state index in [2.05, 4.69) is 9.97 Å². The van der Waals surface area contributed by atoms with Crippen molar-refractivity contribution in [2.75, 3.05) is 0 Å². The molecule has 0 fully saturated rings. The second-order valence-corrected chi connectivity index (χ2v) is 2.61. The third-order valence-corrected chi connectivity index (χ3v) is 1.74. The van der Waals surface area contributed by atoms with E-state index >= 15 is 0 Å². The van der Waals surface area contributed by atoms with E-state index in [4.69, 9.17) is 0 Å². The highest BCUT2D eigenvalue weighted by Crippen LogP contribution is 2.16. The van der Waals surface area contributed by atoms with Crippen molar-refractivity contribution in [3.05, 3.63) is 48.8 Å². The van der Waals surface area contributed by atoms with E-state index in [9.17, 15) is 4.39 Å². The molecular weight excluding hydrogens is 167 g/mol. The molecule has 0 saturated carbocycles. The Hall–Kier alpha value is -1.77. The van der Waals surface area contributed by atoms with Gasteiger partial charge in [0.15, 0.2) is 0 Å². The summed E-state index contributed by atoms with van der Waals surface area (Å²) in [6, 6.07) is 6.75. The fraction of sp³-hybridized carbons (Fsp3) is 0. The van der Waals surface area contributed by atoms with E-state index in [1.165, 1.54) is 12.3 Å². The quantitative estimate of drug-likeness (QED) is 0.620. The smallest absolute Gasteiger partial charge is 0.212 e. The van der Waals surface area contributed by atoms with E-state index in [0.717, 1.165) is 11.1 Å². The van der Waals surface area contributed by atoms with Crippen molar-refractivity contribution in [3.8, 4) is 11.1 Å². The van der Waals surface area contributed by atoms with Gasteiger partial charge >= 0.3 is 0 Å². The molecular formula is C10H7FN2. The van der Waals surface area contributed by atoms with Crippen molar-refractivity contribution in [3.63, 3.8) is 0 Å². The molecule has 0 N–H and O–H groups in total. The standard InChI is InChI=1S/C10H7FN2/c11-10-2-1-9(7-13-10)8-3-5-12-6-4-8/h1-7H. The molecule has 0 aliphatic carbocycles. The largest absolute Gasteiger partial charge is 0.265 e. The third kappa shape index (κ3) is 1.69. The number of hydrogen-bond acceptors (Lipinski definition) is 2. The fourth-order valence-electron chi connectivity index (χ4n) is 1.09. The molecule has 3 heteroatoms. The molecule has 0 bridgehead atoms. The Kier molecular flexibility index (Phi) is 2.00. The molecule has 2 aromatic heterocycles. The zero-order chi connectivity index (χ0) is 9.10. The van der Waals surface area contributed by atoms with Crippen LogP contribution >= 0.6 is 0 Å². The summed E-state index contributed by atoms with van der Waals surface area (Å²) >= 11 is 0. The predicted octanol–water partition coefficient (Wildman–Crippen LogP) is 2.28. The highest BCUT2D eigenvalue weighted by Gasteiger charge is 1.96. The minimum absolute atomic E-state index is 0.460. The van der Waals surface area contributed by atoms with Crippen LogP contribution in [0.2, 0.25) is 0 Å². The second kappa shape index (κ2) is 3.31. The topological polar surface area (TPSA) is 25.8 Å². The van der Waals surface area contributed by atoms with Crippen LogP contribution in [0.1, 0.15) is 0 Å². The summed E-state index contributed by atoms with van der Waals surface area (Å²) in [7, 11) is 0. The van der Waals surface area contributed by atoms with Crippen molar-refractivity contribution in [1.29, 1.82) is 0 Å². The molecule has 0 aliphatic rings. The Balaban J connectivity index is 2.42. The van der Waals surface area contributed by atoms with E-state index < -0.39 is 5.95 Å². The highest BCUT2D eigenvalue weighted by molar-refractivity contribution is 5.61. The summed E-state index contributed by atoms with van der Waals surface area (Å²) in [6.45, 7) is 0. The maximum Gasteiger partial charge on any atom is 0.212 e. The van der Waals surface area contributed by atoms with Crippen LogP contribution in [0.4, 0.5) is 4.39 Å². The average molecular weight is 174 g/mol. The first kappa shape index (κ1) is 7.86. The zero-order valence-corrected chi connectivity index (χ0v) is 6.81. The monoisotopic (exact) mass is 174 g/mol. The van der Waals surface area contributed by atoms with Crippen molar-refractivity contribution in [2.45, 2.75) is 0 Å². The van der Waals surface area contributed by atoms with Gasteiger partial charge in [0, 0.05) is 24.2 Å². The maximum atomic E-state index is 12.5. The summed E-state index contributed by atoms with van der Waals surface area (Å²) < 4.78 is 12.5. The first-order valence-corrected chi connectivity index (χ1v) is 3.88. The lowest BCUT2D eigenvalue weighted by Crippen LogP contribution is -1.83. The van der Waals surface area contributed by atoms with Gasteiger partial charge < -0.3 is 0 Å². The summed E-state index contributed by atoms with van der Waals surface area (Å²) in [6.07, 6.45) is 4.89. The van der Waals surface area contributed by atoms with Gasteiger partial charge in [-0.25, -0.2) is 4.98 Å². The van der Waals surface area contributed by atoms with Gasteiger partial charge in [-0.1, -0.05) is 0 Å². The van der Waals surface area contributed by atoms with Crippen molar-refractivity contribution < 1.29 is 4.39 Å². The Morgan fingerprint density at radius 2 is 1.69 bits per heavy atom. The van der Waals surface area contributed by atoms with Gasteiger partial charge in [0.1, 0.15) is 0 Å². The molecule has 0 unspecified atom stereocenters. The normalized spacial score (nSPS) is 9.92. The van der Waals surface area contributed by atoms with E-state index in [-0.39, 0.29) is 0 Å². The minimum Gasteiger partial charge on any atom is -0.265 e. The Bertz CT molecular complexity index is 383. The third-order valence-electron chi connectivity index (χ3n) is 1.74. The summed E-state index contributed by atoms with van der Waals surface area (Å²) in [5.41, 5.74) is 1.88. The van der Waals surface area contributed by atoms with Gasteiger partial charge in [0.2, 0.25) is 5.95 Å². The maximum absolute atomic E-state index is 12.5. The lowest BCUT2D eigenvalue weighted by molar-refractivity contribution is 0.584. The van der Waals surface area contributed by atoms with Crippen LogP contribution in [-0.4, -0.2) is 9.97 Å². The molecule has 0 spiro atoms. The van der Waals surface area contributed by atoms with Gasteiger partial charge in [-0.3, -0.25) is 4.98 Å². The van der Waals surface area contributed by atoms with Gasteiger partial charge in [-0.15, -0.1) is 0 Å². The van der Waals surface area contributed by atoms with E-state index in [1.54, 1.807) is 18.5 Å². The molecule has 2 nitrogen and oxygen atoms in total. The molecule has 2 heterocycles. The van der Waals surface area contributed by atoms with Gasteiger partial charge in [-0.2, -0.15) is 4.39 Å². The van der Waals surface area contributed by atoms with Crippen LogP contribution in [0.5, 0.6) is 0 Å². The fourth-order valence-corrected chi connectivity index (χ4v) is 1.09. The lowest BCUT2D eigenvalue weighted by Gasteiger charge is -1.98. The number of rotatable bonds is 1. The molecule has 0 saturated heterocycles. The van der Waals surface area contributed by atoms with Crippen LogP contribution in [0.3, 0.4) is 0 Å². The van der Waals surface area contributed by atoms with Gasteiger partial charge in [-0.05, 0) is 29.8 Å². The molecule has 0 radical (unpaired) electrons. The van der Waals surface area contributed by atoms with E-state index in [1.807, 2.05) is 12.1 Å². The lowest BCUT2D eigenvalue weighted by atomic mass is 10.1. The summed E-state index contributed by atoms with van der Waals surface area (Å²) in [5.74, 6) is -0.460. The number of pyridine rings is 2. The summed E-state index contributed by atoms with van der Waals surface area (Å²) in [5, 5.41) is 0. The average Bonchev–Trinajstić information content (AvgIpc) is 2.20. The van der Waals surface area contributed by atoms with Crippen LogP contribution in [0.25, 0.3) is 11.1 Å². The Morgan fingerprint density at radius 3 is 2.31 bits per heavy atom. The SMILES string of the molecule is Fc1ccc(-c2ccncc2)cn1. The molecule has 0 aromatic carbocycles. The predicted molar refractivity (Wildman–Crippen MR) is 47.4 cm³/mol. The van der Waals surface area contributed by atoms with Crippen LogP contribution in [0, 0.1) is 5.95 Å². The molecule has 2 aromatic rings. The first-order valence-electron chi connectivity index (χ1n) is 3.88. The van der Waals surface area contributed by atoms with Crippen molar-refractivity contribution >= 4 is 0 Å².